The lowest BCUT2D eigenvalue weighted by Gasteiger charge is -2.15. The lowest BCUT2D eigenvalue weighted by Crippen LogP contribution is -2.36. The number of ether oxygens (including phenoxy) is 1. The summed E-state index contributed by atoms with van der Waals surface area (Å²) in [6.45, 7) is 4.75. The first-order valence-corrected chi connectivity index (χ1v) is 5.54. The topological polar surface area (TPSA) is 50.7 Å². The number of carbonyl (C=O) groups is 1. The van der Waals surface area contributed by atoms with Gasteiger partial charge in [-0.05, 0) is 13.8 Å². The van der Waals surface area contributed by atoms with Gasteiger partial charge in [-0.3, -0.25) is 9.79 Å². The molecule has 1 aliphatic heterocycles. The summed E-state index contributed by atoms with van der Waals surface area (Å²) >= 11 is 1.70. The van der Waals surface area contributed by atoms with Crippen molar-refractivity contribution in [3.05, 3.63) is 0 Å². The summed E-state index contributed by atoms with van der Waals surface area (Å²) in [5.74, 6) is 0.806. The van der Waals surface area contributed by atoms with Gasteiger partial charge in [0.1, 0.15) is 0 Å². The van der Waals surface area contributed by atoms with Gasteiger partial charge < -0.3 is 10.1 Å². The Morgan fingerprint density at radius 2 is 2.43 bits per heavy atom. The average Bonchev–Trinajstić information content (AvgIpc) is 2.45. The van der Waals surface area contributed by atoms with Crippen molar-refractivity contribution in [1.29, 1.82) is 0 Å². The van der Waals surface area contributed by atoms with Gasteiger partial charge in [-0.1, -0.05) is 11.8 Å². The number of rotatable bonds is 3. The molecule has 0 unspecified atom stereocenters. The van der Waals surface area contributed by atoms with Crippen molar-refractivity contribution in [1.82, 2.24) is 5.32 Å². The number of esters is 1. The van der Waals surface area contributed by atoms with Crippen LogP contribution in [0, 0.1) is 0 Å². The molecule has 1 fully saturated rings. The molecule has 14 heavy (non-hydrogen) atoms. The van der Waals surface area contributed by atoms with Gasteiger partial charge in [0, 0.05) is 11.3 Å². The van der Waals surface area contributed by atoms with E-state index in [4.69, 9.17) is 0 Å². The van der Waals surface area contributed by atoms with Crippen LogP contribution in [0.15, 0.2) is 4.99 Å². The predicted octanol–water partition coefficient (Wildman–Crippen LogP) is 1.02. The zero-order valence-electron chi connectivity index (χ0n) is 8.79. The highest BCUT2D eigenvalue weighted by Crippen LogP contribution is 2.21. The molecule has 1 rings (SSSR count). The van der Waals surface area contributed by atoms with Crippen molar-refractivity contribution in [3.8, 4) is 0 Å². The lowest BCUT2D eigenvalue weighted by molar-refractivity contribution is -0.140. The zero-order valence-corrected chi connectivity index (χ0v) is 9.61. The van der Waals surface area contributed by atoms with Crippen molar-refractivity contribution < 1.29 is 9.53 Å². The van der Waals surface area contributed by atoms with Crippen LogP contribution in [0.25, 0.3) is 0 Å². The largest absolute Gasteiger partial charge is 0.469 e. The van der Waals surface area contributed by atoms with Crippen LogP contribution < -0.4 is 5.32 Å². The van der Waals surface area contributed by atoms with E-state index in [2.05, 4.69) is 28.9 Å². The molecule has 5 heteroatoms. The van der Waals surface area contributed by atoms with Gasteiger partial charge in [0.2, 0.25) is 0 Å². The van der Waals surface area contributed by atoms with Gasteiger partial charge in [0.15, 0.2) is 5.17 Å². The monoisotopic (exact) mass is 216 g/mol. The lowest BCUT2D eigenvalue weighted by atomic mass is 10.1. The summed E-state index contributed by atoms with van der Waals surface area (Å²) in [6, 6.07) is 0. The highest BCUT2D eigenvalue weighted by molar-refractivity contribution is 8.14. The standard InChI is InChI=1S/C9H16N2O2S/c1-9(2)6-14-8(11-9)10-5-4-7(12)13-3/h4-6H2,1-3H3,(H,10,11). The summed E-state index contributed by atoms with van der Waals surface area (Å²) in [6.07, 6.45) is 0.350. The van der Waals surface area contributed by atoms with Gasteiger partial charge in [-0.15, -0.1) is 0 Å². The number of hydrogen-bond donors (Lipinski definition) is 1. The summed E-state index contributed by atoms with van der Waals surface area (Å²) in [5.41, 5.74) is 0.120. The number of nitrogens with zero attached hydrogens (tertiary/aromatic N) is 1. The Kier molecular flexibility index (Phi) is 3.80. The molecule has 4 nitrogen and oxygen atoms in total. The number of aliphatic imine (C=N–C) groups is 1. The van der Waals surface area contributed by atoms with Crippen LogP contribution in [0.2, 0.25) is 0 Å². The van der Waals surface area contributed by atoms with Crippen molar-refractivity contribution in [2.24, 2.45) is 4.99 Å². The minimum atomic E-state index is -0.211. The zero-order chi connectivity index (χ0) is 10.6. The molecule has 0 aromatic rings. The molecule has 0 aliphatic carbocycles. The molecule has 1 saturated heterocycles. The van der Waals surface area contributed by atoms with Crippen LogP contribution in [-0.2, 0) is 9.53 Å². The Hall–Kier alpha value is -0.710. The first kappa shape index (κ1) is 11.4. The van der Waals surface area contributed by atoms with E-state index in [1.54, 1.807) is 11.8 Å². The van der Waals surface area contributed by atoms with E-state index < -0.39 is 0 Å². The molecule has 1 heterocycles. The average molecular weight is 216 g/mol. The molecule has 0 bridgehead atoms. The number of hydrogen-bond acceptors (Lipinski definition) is 4. The first-order valence-electron chi connectivity index (χ1n) is 4.56. The van der Waals surface area contributed by atoms with Gasteiger partial charge in [-0.25, -0.2) is 0 Å². The molecule has 0 spiro atoms. The number of carbonyl (C=O) groups excluding carboxylic acids is 1. The summed E-state index contributed by atoms with van der Waals surface area (Å²) < 4.78 is 4.52. The molecule has 0 amide bonds. The maximum Gasteiger partial charge on any atom is 0.307 e. The second kappa shape index (κ2) is 4.68. The maximum absolute atomic E-state index is 10.8. The second-order valence-corrected chi connectivity index (χ2v) is 4.77. The number of methoxy groups -OCH3 is 1. The maximum atomic E-state index is 10.8. The molecule has 1 N–H and O–H groups in total. The summed E-state index contributed by atoms with van der Waals surface area (Å²) in [7, 11) is 1.39. The van der Waals surface area contributed by atoms with Gasteiger partial charge >= 0.3 is 5.97 Å². The summed E-state index contributed by atoms with van der Waals surface area (Å²) in [5, 5.41) is 4.21. The van der Waals surface area contributed by atoms with E-state index in [9.17, 15) is 4.79 Å². The Labute approximate surface area is 88.5 Å². The Morgan fingerprint density at radius 3 is 2.93 bits per heavy atom. The van der Waals surface area contributed by atoms with Crippen LogP contribution in [0.5, 0.6) is 0 Å². The molecular weight excluding hydrogens is 200 g/mol. The predicted molar refractivity (Wildman–Crippen MR) is 58.6 cm³/mol. The normalized spacial score (nSPS) is 22.1. The fourth-order valence-corrected chi connectivity index (χ4v) is 2.15. The van der Waals surface area contributed by atoms with Crippen molar-refractivity contribution in [3.63, 3.8) is 0 Å². The van der Waals surface area contributed by atoms with Crippen molar-refractivity contribution in [2.45, 2.75) is 25.8 Å². The van der Waals surface area contributed by atoms with Crippen LogP contribution >= 0.6 is 11.8 Å². The fraction of sp³-hybridized carbons (Fsp3) is 0.778. The van der Waals surface area contributed by atoms with E-state index in [1.807, 2.05) is 0 Å². The van der Waals surface area contributed by atoms with E-state index >= 15 is 0 Å². The molecule has 0 aromatic carbocycles. The Bertz CT molecular complexity index is 251. The van der Waals surface area contributed by atoms with Crippen LogP contribution in [0.4, 0.5) is 0 Å². The number of thioether (sulfide) groups is 1. The molecule has 0 atom stereocenters. The van der Waals surface area contributed by atoms with E-state index in [0.29, 0.717) is 13.0 Å². The number of amidine groups is 1. The number of nitrogens with one attached hydrogen (secondary N) is 1. The van der Waals surface area contributed by atoms with Crippen LogP contribution in [-0.4, -0.2) is 36.1 Å². The van der Waals surface area contributed by atoms with Crippen molar-refractivity contribution in [2.75, 3.05) is 19.4 Å². The van der Waals surface area contributed by atoms with E-state index in [-0.39, 0.29) is 11.5 Å². The second-order valence-electron chi connectivity index (χ2n) is 3.81. The smallest absolute Gasteiger partial charge is 0.307 e. The van der Waals surface area contributed by atoms with Gasteiger partial charge in [0.05, 0.1) is 20.1 Å². The highest BCUT2D eigenvalue weighted by atomic mass is 32.2. The third kappa shape index (κ3) is 3.57. The molecule has 0 saturated carbocycles. The molecule has 1 aliphatic rings. The molecular formula is C9H16N2O2S. The van der Waals surface area contributed by atoms with Crippen molar-refractivity contribution >= 4 is 22.9 Å². The third-order valence-corrected chi connectivity index (χ3v) is 3.18. The summed E-state index contributed by atoms with van der Waals surface area (Å²) in [4.78, 5) is 15.1. The van der Waals surface area contributed by atoms with Crippen LogP contribution in [0.1, 0.15) is 20.3 Å². The molecule has 80 valence electrons. The molecule has 0 aromatic heterocycles. The Morgan fingerprint density at radius 1 is 1.71 bits per heavy atom. The highest BCUT2D eigenvalue weighted by Gasteiger charge is 2.26. The van der Waals surface area contributed by atoms with E-state index in [0.717, 1.165) is 10.9 Å². The quantitative estimate of drug-likeness (QED) is 0.716. The minimum Gasteiger partial charge on any atom is -0.469 e. The fourth-order valence-electron chi connectivity index (χ4n) is 1.05. The Balaban J connectivity index is 2.30. The SMILES string of the molecule is COC(=O)CCN=C1NC(C)(C)CS1. The minimum absolute atomic E-state index is 0.120. The van der Waals surface area contributed by atoms with Gasteiger partial charge in [0.25, 0.3) is 0 Å². The molecule has 0 radical (unpaired) electrons. The third-order valence-electron chi connectivity index (χ3n) is 1.81. The van der Waals surface area contributed by atoms with Gasteiger partial charge in [-0.2, -0.15) is 0 Å². The van der Waals surface area contributed by atoms with E-state index in [1.165, 1.54) is 7.11 Å². The van der Waals surface area contributed by atoms with Crippen LogP contribution in [0.3, 0.4) is 0 Å². The first-order chi connectivity index (χ1) is 6.53.